The third-order valence-corrected chi connectivity index (χ3v) is 4.43. The molecule has 2 heterocycles. The number of anilines is 1. The highest BCUT2D eigenvalue weighted by atomic mass is 16.5. The van der Waals surface area contributed by atoms with Gasteiger partial charge in [0.25, 0.3) is 0 Å². The van der Waals surface area contributed by atoms with Crippen LogP contribution in [0, 0.1) is 0 Å². The van der Waals surface area contributed by atoms with Crippen LogP contribution in [0.15, 0.2) is 12.4 Å². The smallest absolute Gasteiger partial charge is 0.322 e. The summed E-state index contributed by atoms with van der Waals surface area (Å²) in [7, 11) is 0. The second-order valence-electron chi connectivity index (χ2n) is 6.39. The van der Waals surface area contributed by atoms with E-state index in [-0.39, 0.29) is 11.6 Å². The summed E-state index contributed by atoms with van der Waals surface area (Å²) in [5, 5.41) is 7.18. The molecule has 0 bridgehead atoms. The summed E-state index contributed by atoms with van der Waals surface area (Å²) < 4.78 is 7.80. The molecule has 21 heavy (non-hydrogen) atoms. The highest BCUT2D eigenvalue weighted by Gasteiger charge is 2.40. The van der Waals surface area contributed by atoms with E-state index in [1.807, 2.05) is 15.8 Å². The number of urea groups is 1. The minimum absolute atomic E-state index is 0.0483. The highest BCUT2D eigenvalue weighted by Crippen LogP contribution is 2.35. The minimum Gasteiger partial charge on any atom is -0.371 e. The van der Waals surface area contributed by atoms with Crippen molar-refractivity contribution in [3.05, 3.63) is 12.4 Å². The number of morpholine rings is 1. The summed E-state index contributed by atoms with van der Waals surface area (Å²) >= 11 is 0. The summed E-state index contributed by atoms with van der Waals surface area (Å²) in [6, 6.07) is 0.244. The number of ether oxygens (including phenoxy) is 1. The average Bonchev–Trinajstić information content (AvgIpc) is 3.09. The third kappa shape index (κ3) is 3.05. The number of aromatic nitrogens is 2. The first-order chi connectivity index (χ1) is 10.1. The van der Waals surface area contributed by atoms with Crippen LogP contribution in [0.25, 0.3) is 0 Å². The lowest BCUT2D eigenvalue weighted by Gasteiger charge is -2.40. The normalized spacial score (nSPS) is 21.2. The van der Waals surface area contributed by atoms with Crippen molar-refractivity contribution in [2.75, 3.05) is 25.0 Å². The SMILES string of the molecule is CC(C)n1cc(NC(=O)N2CCOC3(CCCC3)C2)cn1. The molecule has 1 aliphatic heterocycles. The number of rotatable bonds is 2. The van der Waals surface area contributed by atoms with Gasteiger partial charge < -0.3 is 15.0 Å². The molecule has 1 aliphatic carbocycles. The van der Waals surface area contributed by atoms with Crippen LogP contribution >= 0.6 is 0 Å². The van der Waals surface area contributed by atoms with Crippen molar-refractivity contribution in [2.45, 2.75) is 51.2 Å². The van der Waals surface area contributed by atoms with Crippen LogP contribution in [0.2, 0.25) is 0 Å². The molecule has 1 saturated carbocycles. The first-order valence-electron chi connectivity index (χ1n) is 7.82. The summed E-state index contributed by atoms with van der Waals surface area (Å²) in [6.45, 7) is 6.12. The van der Waals surface area contributed by atoms with Gasteiger partial charge in [-0.2, -0.15) is 5.10 Å². The standard InChI is InChI=1S/C15H24N4O2/c1-12(2)19-10-13(9-16-19)17-14(20)18-7-8-21-15(11-18)5-3-4-6-15/h9-10,12H,3-8,11H2,1-2H3,(H,17,20). The maximum Gasteiger partial charge on any atom is 0.322 e. The summed E-state index contributed by atoms with van der Waals surface area (Å²) in [6.07, 6.45) is 8.12. The molecule has 1 N–H and O–H groups in total. The predicted octanol–water partition coefficient (Wildman–Crippen LogP) is 2.64. The molecule has 2 amide bonds. The van der Waals surface area contributed by atoms with Crippen molar-refractivity contribution in [3.63, 3.8) is 0 Å². The third-order valence-electron chi connectivity index (χ3n) is 4.43. The highest BCUT2D eigenvalue weighted by molar-refractivity contribution is 5.89. The van der Waals surface area contributed by atoms with E-state index in [4.69, 9.17) is 4.74 Å². The Morgan fingerprint density at radius 2 is 2.19 bits per heavy atom. The number of carbonyl (C=O) groups excluding carboxylic acids is 1. The first kappa shape index (κ1) is 14.4. The van der Waals surface area contributed by atoms with Gasteiger partial charge in [-0.3, -0.25) is 4.68 Å². The zero-order valence-electron chi connectivity index (χ0n) is 12.8. The van der Waals surface area contributed by atoms with Gasteiger partial charge in [0.15, 0.2) is 0 Å². The molecule has 3 rings (SSSR count). The monoisotopic (exact) mass is 292 g/mol. The van der Waals surface area contributed by atoms with Gasteiger partial charge in [0.2, 0.25) is 0 Å². The number of nitrogens with zero attached hydrogens (tertiary/aromatic N) is 3. The summed E-state index contributed by atoms with van der Waals surface area (Å²) in [5.74, 6) is 0. The number of amides is 2. The molecule has 6 heteroatoms. The second kappa shape index (κ2) is 5.67. The fraction of sp³-hybridized carbons (Fsp3) is 0.733. The Morgan fingerprint density at radius 3 is 2.86 bits per heavy atom. The Kier molecular flexibility index (Phi) is 3.89. The quantitative estimate of drug-likeness (QED) is 0.911. The number of nitrogens with one attached hydrogen (secondary N) is 1. The van der Waals surface area contributed by atoms with E-state index in [0.29, 0.717) is 25.7 Å². The number of carbonyl (C=O) groups is 1. The minimum atomic E-state index is -0.0856. The Hall–Kier alpha value is -1.56. The van der Waals surface area contributed by atoms with E-state index in [1.165, 1.54) is 12.8 Å². The average molecular weight is 292 g/mol. The zero-order valence-corrected chi connectivity index (χ0v) is 12.8. The van der Waals surface area contributed by atoms with E-state index >= 15 is 0 Å². The molecule has 0 radical (unpaired) electrons. The summed E-state index contributed by atoms with van der Waals surface area (Å²) in [4.78, 5) is 14.3. The van der Waals surface area contributed by atoms with Crippen molar-refractivity contribution >= 4 is 11.7 Å². The van der Waals surface area contributed by atoms with Gasteiger partial charge in [0.05, 0.1) is 30.6 Å². The van der Waals surface area contributed by atoms with Crippen LogP contribution in [0.3, 0.4) is 0 Å². The molecular weight excluding hydrogens is 268 g/mol. The molecule has 0 aromatic carbocycles. The largest absolute Gasteiger partial charge is 0.371 e. The van der Waals surface area contributed by atoms with Crippen LogP contribution in [-0.2, 0) is 4.74 Å². The summed E-state index contributed by atoms with van der Waals surface area (Å²) in [5.41, 5.74) is 0.665. The molecule has 1 aromatic heterocycles. The fourth-order valence-electron chi connectivity index (χ4n) is 3.23. The molecule has 0 unspecified atom stereocenters. The molecule has 1 spiro atoms. The molecular formula is C15H24N4O2. The molecule has 6 nitrogen and oxygen atoms in total. The molecule has 0 atom stereocenters. The first-order valence-corrected chi connectivity index (χ1v) is 7.82. The van der Waals surface area contributed by atoms with Crippen molar-refractivity contribution in [1.82, 2.24) is 14.7 Å². The zero-order chi connectivity index (χ0) is 14.9. The van der Waals surface area contributed by atoms with E-state index in [1.54, 1.807) is 6.20 Å². The van der Waals surface area contributed by atoms with Gasteiger partial charge in [-0.25, -0.2) is 4.79 Å². The predicted molar refractivity (Wildman–Crippen MR) is 80.4 cm³/mol. The van der Waals surface area contributed by atoms with Crippen molar-refractivity contribution < 1.29 is 9.53 Å². The molecule has 2 fully saturated rings. The van der Waals surface area contributed by atoms with E-state index < -0.39 is 0 Å². The van der Waals surface area contributed by atoms with Gasteiger partial charge in [-0.1, -0.05) is 12.8 Å². The topological polar surface area (TPSA) is 59.4 Å². The lowest BCUT2D eigenvalue weighted by atomic mass is 10.00. The van der Waals surface area contributed by atoms with Gasteiger partial charge in [0.1, 0.15) is 0 Å². The van der Waals surface area contributed by atoms with Gasteiger partial charge in [-0.05, 0) is 26.7 Å². The Morgan fingerprint density at radius 1 is 1.43 bits per heavy atom. The van der Waals surface area contributed by atoms with Gasteiger partial charge in [-0.15, -0.1) is 0 Å². The number of hydrogen-bond acceptors (Lipinski definition) is 3. The molecule has 2 aliphatic rings. The maximum absolute atomic E-state index is 12.4. The van der Waals surface area contributed by atoms with E-state index in [0.717, 1.165) is 18.5 Å². The van der Waals surface area contributed by atoms with Gasteiger partial charge in [0, 0.05) is 18.8 Å². The van der Waals surface area contributed by atoms with Crippen molar-refractivity contribution in [3.8, 4) is 0 Å². The van der Waals surface area contributed by atoms with Crippen molar-refractivity contribution in [1.29, 1.82) is 0 Å². The Labute approximate surface area is 125 Å². The van der Waals surface area contributed by atoms with Crippen LogP contribution in [0.4, 0.5) is 10.5 Å². The second-order valence-corrected chi connectivity index (χ2v) is 6.39. The van der Waals surface area contributed by atoms with Crippen molar-refractivity contribution in [2.24, 2.45) is 0 Å². The Balaban J connectivity index is 1.61. The van der Waals surface area contributed by atoms with Crippen LogP contribution in [0.1, 0.15) is 45.6 Å². The lowest BCUT2D eigenvalue weighted by molar-refractivity contribution is -0.0914. The molecule has 1 saturated heterocycles. The van der Waals surface area contributed by atoms with Gasteiger partial charge >= 0.3 is 6.03 Å². The molecule has 116 valence electrons. The Bertz CT molecular complexity index is 506. The van der Waals surface area contributed by atoms with Crippen LogP contribution < -0.4 is 5.32 Å². The fourth-order valence-corrected chi connectivity index (χ4v) is 3.23. The number of hydrogen-bond donors (Lipinski definition) is 1. The van der Waals surface area contributed by atoms with Crippen LogP contribution in [0.5, 0.6) is 0 Å². The lowest BCUT2D eigenvalue weighted by Crippen LogP contribution is -2.53. The van der Waals surface area contributed by atoms with E-state index in [2.05, 4.69) is 24.3 Å². The van der Waals surface area contributed by atoms with Crippen LogP contribution in [-0.4, -0.2) is 46.0 Å². The maximum atomic E-state index is 12.4. The van der Waals surface area contributed by atoms with E-state index in [9.17, 15) is 4.79 Å². The molecule has 1 aromatic rings.